The summed E-state index contributed by atoms with van der Waals surface area (Å²) < 4.78 is 5.63. The molecule has 0 N–H and O–H groups in total. The van der Waals surface area contributed by atoms with E-state index in [0.29, 0.717) is 0 Å². The first-order chi connectivity index (χ1) is 14.3. The third-order valence-electron chi connectivity index (χ3n) is 5.92. The van der Waals surface area contributed by atoms with Gasteiger partial charge in [-0.1, -0.05) is 30.3 Å². The lowest BCUT2D eigenvalue weighted by Crippen LogP contribution is -2.48. The van der Waals surface area contributed by atoms with Gasteiger partial charge in [0.05, 0.1) is 10.4 Å². The van der Waals surface area contributed by atoms with Gasteiger partial charge in [0, 0.05) is 69.6 Å². The van der Waals surface area contributed by atoms with E-state index >= 15 is 0 Å². The smallest absolute Gasteiger partial charge is 0.324 e. The number of hydrogen-bond acceptors (Lipinski definition) is 5. The number of nitrogens with zero attached hydrogens (tertiary/aromatic N) is 5. The van der Waals surface area contributed by atoms with E-state index in [2.05, 4.69) is 32.4 Å². The molecule has 2 saturated heterocycles. The zero-order valence-corrected chi connectivity index (χ0v) is 18.4. The molecule has 1 aromatic heterocycles. The van der Waals surface area contributed by atoms with Gasteiger partial charge in [0.1, 0.15) is 0 Å². The zero-order chi connectivity index (χ0) is 19.6. The molecule has 0 aliphatic carbocycles. The van der Waals surface area contributed by atoms with Crippen LogP contribution in [0.1, 0.15) is 0 Å². The monoisotopic (exact) mass is 443 g/mol. The molecule has 2 aliphatic rings. The topological polar surface area (TPSA) is 42.9 Å². The van der Waals surface area contributed by atoms with E-state index in [9.17, 15) is 4.79 Å². The molecule has 8 heteroatoms. The van der Waals surface area contributed by atoms with Crippen molar-refractivity contribution < 1.29 is 4.79 Å². The maximum Gasteiger partial charge on any atom is 0.324 e. The van der Waals surface area contributed by atoms with Crippen LogP contribution in [0.4, 0.5) is 16.2 Å². The van der Waals surface area contributed by atoms with Crippen LogP contribution in [0.5, 0.6) is 0 Å². The van der Waals surface area contributed by atoms with Crippen molar-refractivity contribution in [3.63, 3.8) is 0 Å². The van der Waals surface area contributed by atoms with Gasteiger partial charge < -0.3 is 9.80 Å². The fraction of sp³-hybridized carbons (Fsp3) is 0.364. The summed E-state index contributed by atoms with van der Waals surface area (Å²) >= 11 is 1.58. The van der Waals surface area contributed by atoms with E-state index in [0.717, 1.165) is 58.0 Å². The quantitative estimate of drug-likeness (QED) is 0.601. The zero-order valence-electron chi connectivity index (χ0n) is 16.8. The standard InChI is InChI=1S/C22H25N5OS.ClH/c28-22-26(15-16-27(22)19-6-2-1-3-7-19)14-11-24-9-12-25(13-10-24)20-8-4-5-18-17-23-29-21(18)20;/h1-8,17H,9-16H2;1H. The average molecular weight is 444 g/mol. The molecule has 0 radical (unpaired) electrons. The number of carbonyl (C=O) groups is 1. The molecule has 30 heavy (non-hydrogen) atoms. The van der Waals surface area contributed by atoms with Gasteiger partial charge in [-0.15, -0.1) is 12.4 Å². The maximum absolute atomic E-state index is 12.7. The molecule has 0 atom stereocenters. The third kappa shape index (κ3) is 4.10. The molecule has 5 rings (SSSR count). The highest BCUT2D eigenvalue weighted by Gasteiger charge is 2.29. The number of piperazine rings is 1. The van der Waals surface area contributed by atoms with E-state index in [1.165, 1.54) is 15.8 Å². The van der Waals surface area contributed by atoms with Gasteiger partial charge in [-0.3, -0.25) is 9.80 Å². The number of hydrogen-bond donors (Lipinski definition) is 0. The van der Waals surface area contributed by atoms with Crippen LogP contribution in [0.15, 0.2) is 54.7 Å². The van der Waals surface area contributed by atoms with E-state index < -0.39 is 0 Å². The maximum atomic E-state index is 12.7. The van der Waals surface area contributed by atoms with Crippen molar-refractivity contribution in [1.29, 1.82) is 0 Å². The Kier molecular flexibility index (Phi) is 6.41. The normalized spacial score (nSPS) is 17.6. The lowest BCUT2D eigenvalue weighted by Gasteiger charge is -2.36. The Morgan fingerprint density at radius 3 is 2.47 bits per heavy atom. The van der Waals surface area contributed by atoms with Crippen LogP contribution in [-0.2, 0) is 0 Å². The molecule has 0 spiro atoms. The minimum absolute atomic E-state index is 0. The van der Waals surface area contributed by atoms with Crippen LogP contribution in [0.2, 0.25) is 0 Å². The Morgan fingerprint density at radius 2 is 1.67 bits per heavy atom. The predicted octanol–water partition coefficient (Wildman–Crippen LogP) is 3.78. The van der Waals surface area contributed by atoms with Crippen LogP contribution in [0.25, 0.3) is 10.1 Å². The fourth-order valence-electron chi connectivity index (χ4n) is 4.24. The second-order valence-corrected chi connectivity index (χ2v) is 8.41. The predicted molar refractivity (Wildman–Crippen MR) is 126 cm³/mol. The Morgan fingerprint density at radius 1 is 0.867 bits per heavy atom. The highest BCUT2D eigenvalue weighted by Crippen LogP contribution is 2.30. The number of amides is 2. The molecule has 0 bridgehead atoms. The number of benzene rings is 2. The van der Waals surface area contributed by atoms with E-state index in [1.807, 2.05) is 46.3 Å². The first-order valence-electron chi connectivity index (χ1n) is 10.2. The molecule has 0 saturated carbocycles. The van der Waals surface area contributed by atoms with E-state index in [1.54, 1.807) is 11.5 Å². The molecule has 0 unspecified atom stereocenters. The molecule has 2 aliphatic heterocycles. The minimum Gasteiger partial charge on any atom is -0.368 e. The van der Waals surface area contributed by atoms with Gasteiger partial charge in [-0.05, 0) is 29.7 Å². The number of aromatic nitrogens is 1. The highest BCUT2D eigenvalue weighted by molar-refractivity contribution is 7.14. The fourth-order valence-corrected chi connectivity index (χ4v) is 5.03. The van der Waals surface area contributed by atoms with Crippen LogP contribution in [-0.4, -0.2) is 72.6 Å². The van der Waals surface area contributed by atoms with Crippen molar-refractivity contribution in [3.8, 4) is 0 Å². The summed E-state index contributed by atoms with van der Waals surface area (Å²) in [4.78, 5) is 21.5. The van der Waals surface area contributed by atoms with Crippen molar-refractivity contribution in [2.75, 3.05) is 62.2 Å². The largest absolute Gasteiger partial charge is 0.368 e. The van der Waals surface area contributed by atoms with Crippen molar-refractivity contribution in [1.82, 2.24) is 14.2 Å². The first-order valence-corrected chi connectivity index (χ1v) is 11.0. The molecular weight excluding hydrogens is 418 g/mol. The Balaban J connectivity index is 0.00000218. The molecule has 3 aromatic rings. The average Bonchev–Trinajstić information content (AvgIpc) is 3.40. The number of rotatable bonds is 5. The van der Waals surface area contributed by atoms with Crippen molar-refractivity contribution >= 4 is 51.4 Å². The number of para-hydroxylation sites is 1. The van der Waals surface area contributed by atoms with Crippen LogP contribution >= 0.6 is 23.9 Å². The Bertz CT molecular complexity index is 989. The van der Waals surface area contributed by atoms with E-state index in [-0.39, 0.29) is 18.4 Å². The molecule has 158 valence electrons. The highest BCUT2D eigenvalue weighted by atomic mass is 35.5. The van der Waals surface area contributed by atoms with Crippen molar-refractivity contribution in [3.05, 3.63) is 54.7 Å². The van der Waals surface area contributed by atoms with Crippen LogP contribution in [0.3, 0.4) is 0 Å². The Hall–Kier alpha value is -2.35. The number of fused-ring (bicyclic) bond motifs is 1. The summed E-state index contributed by atoms with van der Waals surface area (Å²) in [5, 5.41) is 1.23. The van der Waals surface area contributed by atoms with Gasteiger partial charge in [-0.2, -0.15) is 4.37 Å². The van der Waals surface area contributed by atoms with Crippen molar-refractivity contribution in [2.45, 2.75) is 0 Å². The summed E-state index contributed by atoms with van der Waals surface area (Å²) in [6, 6.07) is 16.5. The van der Waals surface area contributed by atoms with E-state index in [4.69, 9.17) is 0 Å². The molecule has 2 fully saturated rings. The molecule has 2 amide bonds. The molecular formula is C22H26ClN5OS. The second-order valence-electron chi connectivity index (χ2n) is 7.61. The number of urea groups is 1. The van der Waals surface area contributed by atoms with Gasteiger partial charge in [0.2, 0.25) is 0 Å². The first kappa shape index (κ1) is 20.9. The molecule has 3 heterocycles. The third-order valence-corrected chi connectivity index (χ3v) is 6.76. The number of anilines is 2. The van der Waals surface area contributed by atoms with Crippen LogP contribution < -0.4 is 9.80 Å². The SMILES string of the molecule is Cl.O=C1N(CCN2CCN(c3cccc4cnsc34)CC2)CCN1c1ccccc1. The molecule has 2 aromatic carbocycles. The lowest BCUT2D eigenvalue weighted by atomic mass is 10.2. The van der Waals surface area contributed by atoms with Gasteiger partial charge in [-0.25, -0.2) is 4.79 Å². The summed E-state index contributed by atoms with van der Waals surface area (Å²) in [5.41, 5.74) is 2.30. The Labute approximate surface area is 187 Å². The summed E-state index contributed by atoms with van der Waals surface area (Å²) in [5.74, 6) is 0. The minimum atomic E-state index is 0. The number of carbonyl (C=O) groups excluding carboxylic acids is 1. The number of halogens is 1. The summed E-state index contributed by atoms with van der Waals surface area (Å²) in [7, 11) is 0. The van der Waals surface area contributed by atoms with Gasteiger partial charge in [0.15, 0.2) is 0 Å². The summed E-state index contributed by atoms with van der Waals surface area (Å²) in [6.07, 6.45) is 1.95. The summed E-state index contributed by atoms with van der Waals surface area (Å²) in [6.45, 7) is 7.40. The van der Waals surface area contributed by atoms with Crippen molar-refractivity contribution in [2.24, 2.45) is 0 Å². The lowest BCUT2D eigenvalue weighted by molar-refractivity contribution is 0.199. The van der Waals surface area contributed by atoms with Crippen LogP contribution in [0, 0.1) is 0 Å². The molecule has 6 nitrogen and oxygen atoms in total. The van der Waals surface area contributed by atoms with Gasteiger partial charge in [0.25, 0.3) is 0 Å². The second kappa shape index (κ2) is 9.20. The van der Waals surface area contributed by atoms with Gasteiger partial charge >= 0.3 is 6.03 Å².